The van der Waals surface area contributed by atoms with Gasteiger partial charge in [0.1, 0.15) is 5.92 Å². The average Bonchev–Trinajstić information content (AvgIpc) is 3.35. The number of carbonyl (C=O) groups is 3. The molecule has 2 amide bonds. The van der Waals surface area contributed by atoms with Gasteiger partial charge >= 0.3 is 5.97 Å². The Morgan fingerprint density at radius 2 is 1.58 bits per heavy atom. The lowest BCUT2D eigenvalue weighted by molar-refractivity contribution is -0.126. The topological polar surface area (TPSA) is 76.2 Å². The number of rotatable bonds is 4. The molecule has 2 saturated heterocycles. The summed E-state index contributed by atoms with van der Waals surface area (Å²) in [6.07, 6.45) is -1.02. The van der Waals surface area contributed by atoms with Crippen LogP contribution in [0.3, 0.4) is 0 Å². The molecule has 0 unspecified atom stereocenters. The average molecular weight is 507 g/mol. The predicted octanol–water partition coefficient (Wildman–Crippen LogP) is 4.29. The van der Waals surface area contributed by atoms with E-state index in [2.05, 4.69) is 15.9 Å². The van der Waals surface area contributed by atoms with Crippen molar-refractivity contribution in [1.82, 2.24) is 0 Å². The molecule has 3 aromatic carbocycles. The third-order valence-electron chi connectivity index (χ3n) is 5.89. The van der Waals surface area contributed by atoms with Crippen molar-refractivity contribution in [2.45, 2.75) is 12.1 Å². The number of hydroxylamine groups is 1. The number of ether oxygens (including phenoxy) is 1. The van der Waals surface area contributed by atoms with Gasteiger partial charge in [0, 0.05) is 4.47 Å². The Balaban J connectivity index is 1.59. The van der Waals surface area contributed by atoms with Gasteiger partial charge in [-0.25, -0.2) is 14.8 Å². The highest BCUT2D eigenvalue weighted by atomic mass is 79.9. The van der Waals surface area contributed by atoms with Crippen molar-refractivity contribution in [1.29, 1.82) is 0 Å². The summed E-state index contributed by atoms with van der Waals surface area (Å²) < 4.78 is 5.74. The molecule has 8 heteroatoms. The number of para-hydroxylation sites is 2. The van der Waals surface area contributed by atoms with Crippen LogP contribution in [0.4, 0.5) is 11.4 Å². The van der Waals surface area contributed by atoms with Crippen LogP contribution in [-0.2, 0) is 19.2 Å². The molecule has 0 aliphatic carbocycles. The van der Waals surface area contributed by atoms with E-state index in [1.165, 1.54) is 13.2 Å². The van der Waals surface area contributed by atoms with E-state index in [1.54, 1.807) is 23.3 Å². The number of halogens is 1. The van der Waals surface area contributed by atoms with Crippen molar-refractivity contribution in [3.8, 4) is 0 Å². The minimum atomic E-state index is -1.02. The van der Waals surface area contributed by atoms with Crippen LogP contribution in [0.2, 0.25) is 0 Å². The van der Waals surface area contributed by atoms with Crippen molar-refractivity contribution >= 4 is 45.1 Å². The minimum absolute atomic E-state index is 0.141. The summed E-state index contributed by atoms with van der Waals surface area (Å²) in [5, 5.41) is 1.64. The fraction of sp³-hybridized carbons (Fsp3) is 0.160. The largest absolute Gasteiger partial charge is 0.465 e. The van der Waals surface area contributed by atoms with Gasteiger partial charge in [0.2, 0.25) is 5.91 Å². The lowest BCUT2D eigenvalue weighted by Crippen LogP contribution is -2.38. The van der Waals surface area contributed by atoms with Crippen molar-refractivity contribution in [2.24, 2.45) is 5.92 Å². The molecule has 5 rings (SSSR count). The summed E-state index contributed by atoms with van der Waals surface area (Å²) in [6.45, 7) is 0. The van der Waals surface area contributed by atoms with Gasteiger partial charge in [0.15, 0.2) is 6.10 Å². The van der Waals surface area contributed by atoms with Crippen LogP contribution < -0.4 is 9.96 Å². The zero-order chi connectivity index (χ0) is 23.1. The number of benzene rings is 3. The Kier molecular flexibility index (Phi) is 5.47. The zero-order valence-corrected chi connectivity index (χ0v) is 19.1. The number of amides is 2. The number of nitrogens with zero attached hydrogens (tertiary/aromatic N) is 2. The second-order valence-electron chi connectivity index (χ2n) is 7.73. The Morgan fingerprint density at radius 3 is 2.27 bits per heavy atom. The number of esters is 1. The number of carbonyl (C=O) groups excluding carboxylic acids is 3. The molecule has 0 saturated carbocycles. The summed E-state index contributed by atoms with van der Waals surface area (Å²) >= 11 is 3.44. The Morgan fingerprint density at radius 1 is 0.909 bits per heavy atom. The van der Waals surface area contributed by atoms with Gasteiger partial charge in [-0.05, 0) is 42.0 Å². The summed E-state index contributed by atoms with van der Waals surface area (Å²) in [6, 6.07) is 22.8. The second-order valence-corrected chi connectivity index (χ2v) is 8.65. The van der Waals surface area contributed by atoms with Crippen LogP contribution in [-0.4, -0.2) is 31.0 Å². The first kappa shape index (κ1) is 21.4. The van der Waals surface area contributed by atoms with Crippen LogP contribution >= 0.6 is 15.9 Å². The lowest BCUT2D eigenvalue weighted by atomic mass is 9.90. The van der Waals surface area contributed by atoms with Crippen molar-refractivity contribution in [2.75, 3.05) is 17.1 Å². The Hall–Kier alpha value is -3.49. The van der Waals surface area contributed by atoms with Gasteiger partial charge in [0.05, 0.1) is 30.1 Å². The summed E-state index contributed by atoms with van der Waals surface area (Å²) in [5.41, 5.74) is 1.90. The van der Waals surface area contributed by atoms with Crippen LogP contribution in [0, 0.1) is 5.92 Å². The Labute approximate surface area is 198 Å². The molecule has 2 aliphatic heterocycles. The van der Waals surface area contributed by atoms with E-state index in [9.17, 15) is 14.4 Å². The maximum absolute atomic E-state index is 13.7. The molecule has 2 heterocycles. The van der Waals surface area contributed by atoms with Crippen LogP contribution in [0.5, 0.6) is 0 Å². The van der Waals surface area contributed by atoms with E-state index < -0.39 is 35.8 Å². The van der Waals surface area contributed by atoms with Gasteiger partial charge in [-0.15, -0.1) is 0 Å². The Bertz CT molecular complexity index is 1230. The van der Waals surface area contributed by atoms with Crippen LogP contribution in [0.25, 0.3) is 0 Å². The minimum Gasteiger partial charge on any atom is -0.465 e. The molecular weight excluding hydrogens is 488 g/mol. The molecule has 2 aliphatic rings. The quantitative estimate of drug-likeness (QED) is 0.388. The van der Waals surface area contributed by atoms with Crippen molar-refractivity contribution < 1.29 is 24.0 Å². The van der Waals surface area contributed by atoms with Crippen molar-refractivity contribution in [3.63, 3.8) is 0 Å². The first-order valence-corrected chi connectivity index (χ1v) is 11.1. The summed E-state index contributed by atoms with van der Waals surface area (Å²) in [7, 11) is 1.26. The maximum atomic E-state index is 13.7. The number of imide groups is 1. The summed E-state index contributed by atoms with van der Waals surface area (Å²) in [4.78, 5) is 46.7. The first-order valence-electron chi connectivity index (χ1n) is 10.3. The first-order chi connectivity index (χ1) is 16.0. The smallest absolute Gasteiger partial charge is 0.339 e. The SMILES string of the molecule is COC(=O)c1ccccc1N1C(=O)[C@H]2[C@H](ON(c3ccccc3)[C@@H]2c2ccc(Br)cc2)C1=O. The predicted molar refractivity (Wildman–Crippen MR) is 124 cm³/mol. The molecular formula is C25H19BrN2O5. The molecule has 0 bridgehead atoms. The molecule has 2 fully saturated rings. The molecule has 166 valence electrons. The number of anilines is 2. The molecule has 0 spiro atoms. The van der Waals surface area contributed by atoms with Gasteiger partial charge in [0.25, 0.3) is 5.91 Å². The van der Waals surface area contributed by atoms with E-state index in [4.69, 9.17) is 9.57 Å². The number of methoxy groups -OCH3 is 1. The van der Waals surface area contributed by atoms with Crippen LogP contribution in [0.1, 0.15) is 22.0 Å². The maximum Gasteiger partial charge on any atom is 0.339 e. The van der Waals surface area contributed by atoms with Gasteiger partial charge in [-0.1, -0.05) is 58.4 Å². The molecule has 0 radical (unpaired) electrons. The fourth-order valence-corrected chi connectivity index (χ4v) is 4.67. The standard InChI is InChI=1S/C25H19BrN2O5/c1-32-25(31)18-9-5-6-10-19(18)27-23(29)20-21(15-11-13-16(26)14-12-15)28(33-22(20)24(27)30)17-7-3-2-4-8-17/h2-14,20-22H,1H3/t20-,21-,22+/m1/s1. The molecule has 33 heavy (non-hydrogen) atoms. The monoisotopic (exact) mass is 506 g/mol. The van der Waals surface area contributed by atoms with Crippen LogP contribution in [0.15, 0.2) is 83.3 Å². The van der Waals surface area contributed by atoms with Gasteiger partial charge in [-0.3, -0.25) is 14.4 Å². The number of fused-ring (bicyclic) bond motifs is 1. The molecule has 0 N–H and O–H groups in total. The van der Waals surface area contributed by atoms with Crippen molar-refractivity contribution in [3.05, 3.63) is 94.5 Å². The van der Waals surface area contributed by atoms with E-state index in [0.29, 0.717) is 0 Å². The highest BCUT2D eigenvalue weighted by Crippen LogP contribution is 2.48. The zero-order valence-electron chi connectivity index (χ0n) is 17.6. The van der Waals surface area contributed by atoms with E-state index in [0.717, 1.165) is 20.6 Å². The third-order valence-corrected chi connectivity index (χ3v) is 6.42. The van der Waals surface area contributed by atoms with E-state index >= 15 is 0 Å². The van der Waals surface area contributed by atoms with E-state index in [1.807, 2.05) is 54.6 Å². The van der Waals surface area contributed by atoms with Gasteiger partial charge in [-0.2, -0.15) is 0 Å². The number of hydrogen-bond acceptors (Lipinski definition) is 6. The highest BCUT2D eigenvalue weighted by Gasteiger charge is 2.60. The van der Waals surface area contributed by atoms with E-state index in [-0.39, 0.29) is 11.3 Å². The highest BCUT2D eigenvalue weighted by molar-refractivity contribution is 9.10. The molecule has 0 aromatic heterocycles. The molecule has 3 atom stereocenters. The molecule has 7 nitrogen and oxygen atoms in total. The number of hydrogen-bond donors (Lipinski definition) is 0. The van der Waals surface area contributed by atoms with Gasteiger partial charge < -0.3 is 4.74 Å². The fourth-order valence-electron chi connectivity index (χ4n) is 4.40. The normalized spacial score (nSPS) is 21.9. The second kappa shape index (κ2) is 8.46. The summed E-state index contributed by atoms with van der Waals surface area (Å²) in [5.74, 6) is -2.35. The molecule has 3 aromatic rings. The third kappa shape index (κ3) is 3.51. The lowest BCUT2D eigenvalue weighted by Gasteiger charge is -2.29.